The van der Waals surface area contributed by atoms with E-state index >= 15 is 0 Å². The van der Waals surface area contributed by atoms with Crippen molar-refractivity contribution in [2.45, 2.75) is 32.4 Å². The van der Waals surface area contributed by atoms with E-state index in [9.17, 15) is 9.18 Å². The molecule has 1 amide bonds. The van der Waals surface area contributed by atoms with Gasteiger partial charge in [0.2, 0.25) is 5.91 Å². The van der Waals surface area contributed by atoms with Gasteiger partial charge in [-0.25, -0.2) is 14.4 Å². The summed E-state index contributed by atoms with van der Waals surface area (Å²) in [5, 5.41) is 4.30. The highest BCUT2D eigenvalue weighted by atomic mass is 19.1. The maximum atomic E-state index is 13.2. The van der Waals surface area contributed by atoms with E-state index in [0.717, 1.165) is 41.4 Å². The molecule has 5 rings (SSSR count). The number of nitrogens with zero attached hydrogens (tertiary/aromatic N) is 6. The molecule has 1 unspecified atom stereocenters. The number of anilines is 1. The zero-order valence-electron chi connectivity index (χ0n) is 18.2. The van der Waals surface area contributed by atoms with E-state index in [1.54, 1.807) is 34.8 Å². The maximum Gasteiger partial charge on any atom is 0.219 e. The SMILES string of the molecule is CC(=O)N1CCc2nc(N3CCC(Oc4ccc(F)cc4)C3)c(-c3cnn(C)c3)nc2C1. The Morgan fingerprint density at radius 1 is 1.16 bits per heavy atom. The largest absolute Gasteiger partial charge is 0.489 e. The number of hydrogen-bond acceptors (Lipinski definition) is 6. The van der Waals surface area contributed by atoms with Gasteiger partial charge in [0.15, 0.2) is 5.82 Å². The van der Waals surface area contributed by atoms with Crippen LogP contribution >= 0.6 is 0 Å². The Balaban J connectivity index is 1.44. The van der Waals surface area contributed by atoms with Crippen LogP contribution in [0.25, 0.3) is 11.3 Å². The van der Waals surface area contributed by atoms with Gasteiger partial charge in [-0.1, -0.05) is 0 Å². The number of carbonyl (C=O) groups excluding carboxylic acids is 1. The number of halogens is 1. The first-order valence-electron chi connectivity index (χ1n) is 10.8. The number of aromatic nitrogens is 4. The monoisotopic (exact) mass is 436 g/mol. The van der Waals surface area contributed by atoms with Crippen molar-refractivity contribution < 1.29 is 13.9 Å². The molecule has 8 nitrogen and oxygen atoms in total. The minimum absolute atomic E-state index is 0.0201. The quantitative estimate of drug-likeness (QED) is 0.626. The highest BCUT2D eigenvalue weighted by Gasteiger charge is 2.30. The molecule has 1 fully saturated rings. The van der Waals surface area contributed by atoms with Gasteiger partial charge in [-0.15, -0.1) is 0 Å². The summed E-state index contributed by atoms with van der Waals surface area (Å²) in [4.78, 5) is 25.8. The molecule has 166 valence electrons. The van der Waals surface area contributed by atoms with E-state index in [2.05, 4.69) is 10.00 Å². The van der Waals surface area contributed by atoms with Crippen LogP contribution in [0.2, 0.25) is 0 Å². The molecule has 0 spiro atoms. The second-order valence-electron chi connectivity index (χ2n) is 8.31. The lowest BCUT2D eigenvalue weighted by Gasteiger charge is -2.29. The number of benzene rings is 1. The van der Waals surface area contributed by atoms with Gasteiger partial charge in [-0.05, 0) is 24.3 Å². The van der Waals surface area contributed by atoms with Gasteiger partial charge in [0.25, 0.3) is 0 Å². The van der Waals surface area contributed by atoms with E-state index in [0.29, 0.717) is 31.8 Å². The average molecular weight is 436 g/mol. The number of ether oxygens (including phenoxy) is 1. The zero-order valence-corrected chi connectivity index (χ0v) is 18.2. The third-order valence-corrected chi connectivity index (χ3v) is 5.98. The van der Waals surface area contributed by atoms with Crippen LogP contribution in [0.4, 0.5) is 10.2 Å². The first-order chi connectivity index (χ1) is 15.5. The minimum Gasteiger partial charge on any atom is -0.489 e. The van der Waals surface area contributed by atoms with Crippen LogP contribution in [0.15, 0.2) is 36.7 Å². The van der Waals surface area contributed by atoms with Crippen LogP contribution in [0.5, 0.6) is 5.75 Å². The first-order valence-corrected chi connectivity index (χ1v) is 10.8. The van der Waals surface area contributed by atoms with Crippen LogP contribution in [-0.2, 0) is 24.8 Å². The molecule has 1 atom stereocenters. The van der Waals surface area contributed by atoms with E-state index in [1.807, 2.05) is 13.2 Å². The van der Waals surface area contributed by atoms with Crippen molar-refractivity contribution in [1.29, 1.82) is 0 Å². The number of hydrogen-bond donors (Lipinski definition) is 0. The summed E-state index contributed by atoms with van der Waals surface area (Å²) < 4.78 is 21.0. The standard InChI is InChI=1S/C23H25FN6O2/c1-15(31)29-10-8-20-21(14-29)26-22(16-11-25-28(2)12-16)23(27-20)30-9-7-19(13-30)32-18-5-3-17(24)4-6-18/h3-6,11-12,19H,7-10,13-14H2,1-2H3. The van der Waals surface area contributed by atoms with Gasteiger partial charge in [0.05, 0.1) is 30.7 Å². The van der Waals surface area contributed by atoms with Crippen molar-refractivity contribution in [3.05, 3.63) is 53.9 Å². The van der Waals surface area contributed by atoms with Crippen molar-refractivity contribution in [2.24, 2.45) is 7.05 Å². The van der Waals surface area contributed by atoms with Gasteiger partial charge in [-0.2, -0.15) is 5.10 Å². The van der Waals surface area contributed by atoms with Crippen LogP contribution in [0.3, 0.4) is 0 Å². The molecule has 0 bridgehead atoms. The highest BCUT2D eigenvalue weighted by Crippen LogP contribution is 2.33. The topological polar surface area (TPSA) is 76.4 Å². The molecular formula is C23H25FN6O2. The molecule has 0 radical (unpaired) electrons. The summed E-state index contributed by atoms with van der Waals surface area (Å²) in [5.74, 6) is 1.24. The second kappa shape index (κ2) is 8.22. The van der Waals surface area contributed by atoms with Crippen LogP contribution in [-0.4, -0.2) is 56.3 Å². The third-order valence-electron chi connectivity index (χ3n) is 5.98. The Morgan fingerprint density at radius 3 is 2.69 bits per heavy atom. The fourth-order valence-electron chi connectivity index (χ4n) is 4.27. The van der Waals surface area contributed by atoms with Crippen molar-refractivity contribution in [3.63, 3.8) is 0 Å². The summed E-state index contributed by atoms with van der Waals surface area (Å²) in [6.07, 6.45) is 5.21. The fourth-order valence-corrected chi connectivity index (χ4v) is 4.27. The van der Waals surface area contributed by atoms with Crippen molar-refractivity contribution in [2.75, 3.05) is 24.5 Å². The predicted octanol–water partition coefficient (Wildman–Crippen LogP) is 2.58. The second-order valence-corrected chi connectivity index (χ2v) is 8.31. The Labute approximate surface area is 185 Å². The van der Waals surface area contributed by atoms with E-state index in [4.69, 9.17) is 14.7 Å². The highest BCUT2D eigenvalue weighted by molar-refractivity contribution is 5.74. The van der Waals surface area contributed by atoms with E-state index < -0.39 is 0 Å². The zero-order chi connectivity index (χ0) is 22.2. The average Bonchev–Trinajstić information content (AvgIpc) is 3.43. The van der Waals surface area contributed by atoms with Crippen LogP contribution in [0, 0.1) is 5.82 Å². The number of rotatable bonds is 4. The maximum absolute atomic E-state index is 13.2. The number of aryl methyl sites for hydroxylation is 1. The molecule has 1 aromatic carbocycles. The molecule has 0 N–H and O–H groups in total. The number of fused-ring (bicyclic) bond motifs is 1. The Morgan fingerprint density at radius 2 is 1.97 bits per heavy atom. The summed E-state index contributed by atoms with van der Waals surface area (Å²) in [6.45, 7) is 4.16. The Kier molecular flexibility index (Phi) is 5.24. The normalized spacial score (nSPS) is 18.0. The Hall–Kier alpha value is -3.49. The smallest absolute Gasteiger partial charge is 0.219 e. The molecular weight excluding hydrogens is 411 g/mol. The van der Waals surface area contributed by atoms with Crippen molar-refractivity contribution in [1.82, 2.24) is 24.6 Å². The summed E-state index contributed by atoms with van der Waals surface area (Å²) in [5.41, 5.74) is 3.44. The molecule has 2 aliphatic heterocycles. The molecule has 3 aromatic rings. The molecule has 32 heavy (non-hydrogen) atoms. The molecule has 1 saturated heterocycles. The van der Waals surface area contributed by atoms with Crippen LogP contribution < -0.4 is 9.64 Å². The van der Waals surface area contributed by atoms with Gasteiger partial charge >= 0.3 is 0 Å². The predicted molar refractivity (Wildman–Crippen MR) is 117 cm³/mol. The lowest BCUT2D eigenvalue weighted by molar-refractivity contribution is -0.129. The van der Waals surface area contributed by atoms with Crippen molar-refractivity contribution >= 4 is 11.7 Å². The summed E-state index contributed by atoms with van der Waals surface area (Å²) in [7, 11) is 1.87. The summed E-state index contributed by atoms with van der Waals surface area (Å²) in [6, 6.07) is 6.11. The molecule has 9 heteroatoms. The molecule has 0 saturated carbocycles. The lowest BCUT2D eigenvalue weighted by atomic mass is 10.1. The molecule has 4 heterocycles. The van der Waals surface area contributed by atoms with Gasteiger partial charge in [0, 0.05) is 51.7 Å². The van der Waals surface area contributed by atoms with Gasteiger partial charge in [0.1, 0.15) is 23.4 Å². The van der Waals surface area contributed by atoms with Crippen molar-refractivity contribution in [3.8, 4) is 17.0 Å². The lowest BCUT2D eigenvalue weighted by Crippen LogP contribution is -2.36. The minimum atomic E-state index is -0.279. The summed E-state index contributed by atoms with van der Waals surface area (Å²) >= 11 is 0. The number of carbonyl (C=O) groups is 1. The fraction of sp³-hybridized carbons (Fsp3) is 0.391. The molecule has 0 aliphatic carbocycles. The molecule has 2 aliphatic rings. The third kappa shape index (κ3) is 4.02. The van der Waals surface area contributed by atoms with E-state index in [1.165, 1.54) is 12.1 Å². The Bertz CT molecular complexity index is 1150. The first kappa shape index (κ1) is 20.4. The molecule has 2 aromatic heterocycles. The van der Waals surface area contributed by atoms with E-state index in [-0.39, 0.29) is 17.8 Å². The van der Waals surface area contributed by atoms with Gasteiger partial charge in [-0.3, -0.25) is 9.48 Å². The van der Waals surface area contributed by atoms with Crippen LogP contribution in [0.1, 0.15) is 24.7 Å². The number of amides is 1. The van der Waals surface area contributed by atoms with Gasteiger partial charge < -0.3 is 14.5 Å².